The largest absolute Gasteiger partial charge is 0.317 e. The molecular formula is C14H28N4O2S. The Kier molecular flexibility index (Phi) is 7.34. The number of sulfonamides is 1. The number of hydrogen-bond donors (Lipinski definition) is 1. The van der Waals surface area contributed by atoms with Gasteiger partial charge in [-0.25, -0.2) is 8.42 Å². The zero-order chi connectivity index (χ0) is 15.9. The molecule has 0 saturated carbocycles. The first-order valence-corrected chi connectivity index (χ1v) is 9.09. The minimum Gasteiger partial charge on any atom is -0.317 e. The molecule has 7 heteroatoms. The summed E-state index contributed by atoms with van der Waals surface area (Å²) >= 11 is 0. The Bertz CT molecular complexity index is 511. The van der Waals surface area contributed by atoms with E-state index in [-0.39, 0.29) is 4.90 Å². The van der Waals surface area contributed by atoms with E-state index in [1.165, 1.54) is 10.5 Å². The third kappa shape index (κ3) is 5.41. The van der Waals surface area contributed by atoms with E-state index in [2.05, 4.69) is 17.3 Å². The van der Waals surface area contributed by atoms with Crippen molar-refractivity contribution in [3.63, 3.8) is 0 Å². The van der Waals surface area contributed by atoms with Crippen molar-refractivity contribution in [3.05, 3.63) is 12.4 Å². The Labute approximate surface area is 128 Å². The lowest BCUT2D eigenvalue weighted by Gasteiger charge is -2.21. The van der Waals surface area contributed by atoms with E-state index in [4.69, 9.17) is 0 Å². The maximum Gasteiger partial charge on any atom is 0.246 e. The van der Waals surface area contributed by atoms with Crippen LogP contribution in [0.3, 0.4) is 0 Å². The maximum absolute atomic E-state index is 12.5. The van der Waals surface area contributed by atoms with Crippen molar-refractivity contribution in [2.45, 2.75) is 45.6 Å². The molecule has 0 aliphatic carbocycles. The lowest BCUT2D eigenvalue weighted by Crippen LogP contribution is -2.33. The van der Waals surface area contributed by atoms with Gasteiger partial charge in [0.2, 0.25) is 10.0 Å². The molecule has 0 radical (unpaired) electrons. The summed E-state index contributed by atoms with van der Waals surface area (Å²) in [4.78, 5) is 0.286. The topological polar surface area (TPSA) is 67.2 Å². The van der Waals surface area contributed by atoms with Gasteiger partial charge in [-0.1, -0.05) is 27.7 Å². The molecule has 1 aromatic rings. The van der Waals surface area contributed by atoms with Crippen LogP contribution in [0.4, 0.5) is 0 Å². The molecule has 21 heavy (non-hydrogen) atoms. The molecule has 0 saturated heterocycles. The molecule has 0 aromatic carbocycles. The molecule has 122 valence electrons. The molecule has 1 heterocycles. The predicted octanol–water partition coefficient (Wildman–Crippen LogP) is 1.55. The SMILES string of the molecule is CCNCCCn1cc(S(=O)(=O)N(CC)CC(C)C)cn1. The van der Waals surface area contributed by atoms with Crippen LogP contribution < -0.4 is 5.32 Å². The van der Waals surface area contributed by atoms with Crippen molar-refractivity contribution in [1.29, 1.82) is 0 Å². The van der Waals surface area contributed by atoms with Crippen LogP contribution in [0, 0.1) is 5.92 Å². The molecule has 0 atom stereocenters. The van der Waals surface area contributed by atoms with Crippen molar-refractivity contribution in [2.75, 3.05) is 26.2 Å². The van der Waals surface area contributed by atoms with Crippen LogP contribution in [-0.4, -0.2) is 48.7 Å². The first-order chi connectivity index (χ1) is 9.91. The van der Waals surface area contributed by atoms with E-state index in [9.17, 15) is 8.42 Å². The van der Waals surface area contributed by atoms with Crippen LogP contribution >= 0.6 is 0 Å². The van der Waals surface area contributed by atoms with Gasteiger partial charge in [-0.2, -0.15) is 9.40 Å². The summed E-state index contributed by atoms with van der Waals surface area (Å²) in [5, 5.41) is 7.40. The first-order valence-electron chi connectivity index (χ1n) is 7.65. The number of aromatic nitrogens is 2. The molecule has 0 aliphatic heterocycles. The fourth-order valence-electron chi connectivity index (χ4n) is 2.10. The zero-order valence-corrected chi connectivity index (χ0v) is 14.4. The Hall–Kier alpha value is -0.920. The van der Waals surface area contributed by atoms with Gasteiger partial charge in [0, 0.05) is 25.8 Å². The maximum atomic E-state index is 12.5. The highest BCUT2D eigenvalue weighted by Crippen LogP contribution is 2.16. The summed E-state index contributed by atoms with van der Waals surface area (Å²) in [5.41, 5.74) is 0. The van der Waals surface area contributed by atoms with Crippen LogP contribution in [-0.2, 0) is 16.6 Å². The molecule has 0 unspecified atom stereocenters. The normalized spacial score (nSPS) is 12.5. The average Bonchev–Trinajstić information content (AvgIpc) is 2.90. The minimum absolute atomic E-state index is 0.286. The summed E-state index contributed by atoms with van der Waals surface area (Å²) in [6, 6.07) is 0. The smallest absolute Gasteiger partial charge is 0.246 e. The van der Waals surface area contributed by atoms with Gasteiger partial charge in [0.1, 0.15) is 4.90 Å². The Morgan fingerprint density at radius 2 is 2.10 bits per heavy atom. The minimum atomic E-state index is -3.43. The van der Waals surface area contributed by atoms with Gasteiger partial charge >= 0.3 is 0 Å². The summed E-state index contributed by atoms with van der Waals surface area (Å²) in [6.07, 6.45) is 4.01. The van der Waals surface area contributed by atoms with Gasteiger partial charge in [-0.3, -0.25) is 4.68 Å². The molecule has 0 amide bonds. The lowest BCUT2D eigenvalue weighted by molar-refractivity contribution is 0.381. The Morgan fingerprint density at radius 1 is 1.38 bits per heavy atom. The van der Waals surface area contributed by atoms with Crippen LogP contribution in [0.1, 0.15) is 34.1 Å². The first kappa shape index (κ1) is 18.1. The highest BCUT2D eigenvalue weighted by atomic mass is 32.2. The average molecular weight is 316 g/mol. The van der Waals surface area contributed by atoms with Crippen molar-refractivity contribution < 1.29 is 8.42 Å². The summed E-state index contributed by atoms with van der Waals surface area (Å²) in [6.45, 7) is 11.5. The van der Waals surface area contributed by atoms with Gasteiger partial charge in [0.15, 0.2) is 0 Å². The van der Waals surface area contributed by atoms with Gasteiger partial charge in [0.25, 0.3) is 0 Å². The summed E-state index contributed by atoms with van der Waals surface area (Å²) in [5.74, 6) is 0.301. The molecule has 0 spiro atoms. The number of aryl methyl sites for hydroxylation is 1. The molecule has 0 bridgehead atoms. The van der Waals surface area contributed by atoms with E-state index in [0.717, 1.165) is 26.1 Å². The van der Waals surface area contributed by atoms with E-state index < -0.39 is 10.0 Å². The summed E-state index contributed by atoms with van der Waals surface area (Å²) in [7, 11) is -3.43. The molecule has 6 nitrogen and oxygen atoms in total. The predicted molar refractivity (Wildman–Crippen MR) is 84.7 cm³/mol. The van der Waals surface area contributed by atoms with E-state index in [1.807, 2.05) is 20.8 Å². The Morgan fingerprint density at radius 3 is 2.67 bits per heavy atom. The van der Waals surface area contributed by atoms with Crippen LogP contribution in [0.5, 0.6) is 0 Å². The standard InChI is InChI=1S/C14H28N4O2S/c1-5-15-8-7-9-17-12-14(10-16-17)21(19,20)18(6-2)11-13(3)4/h10,12-13,15H,5-9,11H2,1-4H3. The highest BCUT2D eigenvalue weighted by Gasteiger charge is 2.25. The summed E-state index contributed by atoms with van der Waals surface area (Å²) < 4.78 is 28.3. The molecule has 1 N–H and O–H groups in total. The fourth-order valence-corrected chi connectivity index (χ4v) is 3.66. The van der Waals surface area contributed by atoms with Crippen molar-refractivity contribution in [1.82, 2.24) is 19.4 Å². The molecule has 1 aromatic heterocycles. The quantitative estimate of drug-likeness (QED) is 0.665. The lowest BCUT2D eigenvalue weighted by atomic mass is 10.2. The van der Waals surface area contributed by atoms with Gasteiger partial charge in [0.05, 0.1) is 6.20 Å². The molecular weight excluding hydrogens is 288 g/mol. The van der Waals surface area contributed by atoms with Gasteiger partial charge in [-0.15, -0.1) is 0 Å². The van der Waals surface area contributed by atoms with E-state index in [1.54, 1.807) is 10.9 Å². The second-order valence-corrected chi connectivity index (χ2v) is 7.43. The van der Waals surface area contributed by atoms with Crippen molar-refractivity contribution in [2.24, 2.45) is 5.92 Å². The third-order valence-corrected chi connectivity index (χ3v) is 5.05. The van der Waals surface area contributed by atoms with Crippen LogP contribution in [0.15, 0.2) is 17.3 Å². The highest BCUT2D eigenvalue weighted by molar-refractivity contribution is 7.89. The van der Waals surface area contributed by atoms with Crippen molar-refractivity contribution in [3.8, 4) is 0 Å². The number of rotatable bonds is 10. The van der Waals surface area contributed by atoms with E-state index in [0.29, 0.717) is 19.0 Å². The number of hydrogen-bond acceptors (Lipinski definition) is 4. The number of nitrogens with zero attached hydrogens (tertiary/aromatic N) is 3. The zero-order valence-electron chi connectivity index (χ0n) is 13.5. The van der Waals surface area contributed by atoms with Gasteiger partial charge in [-0.05, 0) is 25.4 Å². The molecule has 1 rings (SSSR count). The Balaban J connectivity index is 2.73. The number of nitrogens with one attached hydrogen (secondary N) is 1. The molecule has 0 aliphatic rings. The molecule has 0 fully saturated rings. The van der Waals surface area contributed by atoms with Crippen LogP contribution in [0.2, 0.25) is 0 Å². The fraction of sp³-hybridized carbons (Fsp3) is 0.786. The second kappa shape index (κ2) is 8.51. The monoisotopic (exact) mass is 316 g/mol. The van der Waals surface area contributed by atoms with Crippen molar-refractivity contribution >= 4 is 10.0 Å². The second-order valence-electron chi connectivity index (χ2n) is 5.50. The third-order valence-electron chi connectivity index (χ3n) is 3.16. The van der Waals surface area contributed by atoms with Gasteiger partial charge < -0.3 is 5.32 Å². The van der Waals surface area contributed by atoms with E-state index >= 15 is 0 Å². The van der Waals surface area contributed by atoms with Crippen LogP contribution in [0.25, 0.3) is 0 Å².